The average molecular weight is 457 g/mol. The number of nitrogens with two attached hydrogens (primary N) is 1. The Bertz CT molecular complexity index is 1170. The van der Waals surface area contributed by atoms with Crippen molar-refractivity contribution in [3.05, 3.63) is 74.9 Å². The predicted octanol–water partition coefficient (Wildman–Crippen LogP) is 4.98. The van der Waals surface area contributed by atoms with Crippen molar-refractivity contribution in [2.24, 2.45) is 5.92 Å². The molecule has 0 bridgehead atoms. The van der Waals surface area contributed by atoms with Crippen LogP contribution in [0.15, 0.2) is 42.6 Å². The molecule has 8 heteroatoms. The standard InChI is InChI=1S/C23H22Cl2N4O2/c1-13-2-6-16(21(30)9-14-3-4-14)10-20(13)29-22(26)17(12-28-29)23(31)27-11-15-5-7-18(24)19(25)8-15/h2,5-8,10,12,14H,3-4,9,11,26H2,1H3,(H,27,31). The number of nitrogens with one attached hydrogen (secondary N) is 1. The number of hydrogen-bond acceptors (Lipinski definition) is 4. The van der Waals surface area contributed by atoms with Crippen LogP contribution in [-0.4, -0.2) is 21.5 Å². The van der Waals surface area contributed by atoms with Crippen LogP contribution in [0.4, 0.5) is 5.82 Å². The monoisotopic (exact) mass is 456 g/mol. The Hall–Kier alpha value is -2.83. The number of Topliss-reactive ketones (excluding diaryl/α,β-unsaturated/α-hetero) is 1. The van der Waals surface area contributed by atoms with E-state index < -0.39 is 0 Å². The Labute approximate surface area is 190 Å². The smallest absolute Gasteiger partial charge is 0.256 e. The molecule has 0 saturated heterocycles. The molecule has 1 aromatic heterocycles. The number of carbonyl (C=O) groups is 2. The first-order valence-electron chi connectivity index (χ1n) is 10.0. The Morgan fingerprint density at radius 1 is 1.16 bits per heavy atom. The number of ketones is 1. The minimum absolute atomic E-state index is 0.120. The van der Waals surface area contributed by atoms with Gasteiger partial charge in [0.05, 0.1) is 21.9 Å². The Kier molecular flexibility index (Phi) is 6.03. The van der Waals surface area contributed by atoms with Crippen LogP contribution in [0.2, 0.25) is 10.0 Å². The summed E-state index contributed by atoms with van der Waals surface area (Å²) in [6.45, 7) is 2.18. The van der Waals surface area contributed by atoms with Crippen LogP contribution in [0, 0.1) is 12.8 Å². The third kappa shape index (κ3) is 4.75. The highest BCUT2D eigenvalue weighted by molar-refractivity contribution is 6.42. The number of anilines is 1. The molecule has 6 nitrogen and oxygen atoms in total. The van der Waals surface area contributed by atoms with E-state index in [2.05, 4.69) is 10.4 Å². The quantitative estimate of drug-likeness (QED) is 0.490. The number of nitrogen functional groups attached to an aromatic ring is 1. The van der Waals surface area contributed by atoms with Gasteiger partial charge in [0, 0.05) is 18.5 Å². The lowest BCUT2D eigenvalue weighted by atomic mass is 10.0. The molecule has 0 unspecified atom stereocenters. The molecule has 3 aromatic rings. The van der Waals surface area contributed by atoms with Crippen molar-refractivity contribution in [3.63, 3.8) is 0 Å². The minimum atomic E-state index is -0.353. The van der Waals surface area contributed by atoms with Crippen LogP contribution in [-0.2, 0) is 6.54 Å². The second-order valence-electron chi connectivity index (χ2n) is 7.86. The first-order valence-corrected chi connectivity index (χ1v) is 10.8. The SMILES string of the molecule is Cc1ccc(C(=O)CC2CC2)cc1-n1ncc(C(=O)NCc2ccc(Cl)c(Cl)c2)c1N. The van der Waals surface area contributed by atoms with Crippen molar-refractivity contribution in [2.75, 3.05) is 5.73 Å². The molecular weight excluding hydrogens is 435 g/mol. The molecular formula is C23H22Cl2N4O2. The Balaban J connectivity index is 1.52. The Morgan fingerprint density at radius 3 is 2.65 bits per heavy atom. The van der Waals surface area contributed by atoms with Gasteiger partial charge < -0.3 is 11.1 Å². The number of halogens is 2. The van der Waals surface area contributed by atoms with Crippen LogP contribution < -0.4 is 11.1 Å². The highest BCUT2D eigenvalue weighted by Crippen LogP contribution is 2.34. The van der Waals surface area contributed by atoms with Crippen molar-refractivity contribution in [3.8, 4) is 5.69 Å². The van der Waals surface area contributed by atoms with Gasteiger partial charge in [0.25, 0.3) is 5.91 Å². The fraction of sp³-hybridized carbons (Fsp3) is 0.261. The summed E-state index contributed by atoms with van der Waals surface area (Å²) < 4.78 is 1.50. The van der Waals surface area contributed by atoms with Crippen molar-refractivity contribution >= 4 is 40.7 Å². The summed E-state index contributed by atoms with van der Waals surface area (Å²) in [5.41, 5.74) is 9.54. The zero-order valence-electron chi connectivity index (χ0n) is 17.0. The molecule has 1 saturated carbocycles. The third-order valence-corrected chi connectivity index (χ3v) is 6.16. The van der Waals surface area contributed by atoms with Gasteiger partial charge in [-0.15, -0.1) is 0 Å². The van der Waals surface area contributed by atoms with Crippen LogP contribution in [0.25, 0.3) is 5.69 Å². The van der Waals surface area contributed by atoms with Crippen molar-refractivity contribution in [1.82, 2.24) is 15.1 Å². The highest BCUT2D eigenvalue weighted by Gasteiger charge is 2.25. The number of benzene rings is 2. The third-order valence-electron chi connectivity index (χ3n) is 5.42. The van der Waals surface area contributed by atoms with E-state index in [0.29, 0.717) is 33.6 Å². The molecule has 0 atom stereocenters. The molecule has 4 rings (SSSR count). The van der Waals surface area contributed by atoms with Gasteiger partial charge in [-0.1, -0.05) is 41.4 Å². The zero-order chi connectivity index (χ0) is 22.1. The second kappa shape index (κ2) is 8.73. The van der Waals surface area contributed by atoms with Gasteiger partial charge >= 0.3 is 0 Å². The fourth-order valence-electron chi connectivity index (χ4n) is 3.37. The van der Waals surface area contributed by atoms with E-state index in [1.807, 2.05) is 19.1 Å². The fourth-order valence-corrected chi connectivity index (χ4v) is 3.69. The minimum Gasteiger partial charge on any atom is -0.383 e. The van der Waals surface area contributed by atoms with Crippen molar-refractivity contribution < 1.29 is 9.59 Å². The number of rotatable bonds is 7. The van der Waals surface area contributed by atoms with Crippen LogP contribution in [0.5, 0.6) is 0 Å². The molecule has 0 spiro atoms. The topological polar surface area (TPSA) is 90.0 Å². The lowest BCUT2D eigenvalue weighted by molar-refractivity contribution is 0.0949. The summed E-state index contributed by atoms with van der Waals surface area (Å²) in [5.74, 6) is 0.488. The van der Waals surface area contributed by atoms with Crippen molar-refractivity contribution in [1.29, 1.82) is 0 Å². The largest absolute Gasteiger partial charge is 0.383 e. The van der Waals surface area contributed by atoms with Gasteiger partial charge in [-0.25, -0.2) is 4.68 Å². The van der Waals surface area contributed by atoms with Gasteiger partial charge in [-0.3, -0.25) is 9.59 Å². The number of aromatic nitrogens is 2. The molecule has 160 valence electrons. The first-order chi connectivity index (χ1) is 14.8. The number of hydrogen-bond donors (Lipinski definition) is 2. The van der Waals surface area contributed by atoms with Gasteiger partial charge in [0.2, 0.25) is 0 Å². The summed E-state index contributed by atoms with van der Waals surface area (Å²) in [4.78, 5) is 25.2. The highest BCUT2D eigenvalue weighted by atomic mass is 35.5. The van der Waals surface area contributed by atoms with E-state index in [4.69, 9.17) is 28.9 Å². The number of nitrogens with zero attached hydrogens (tertiary/aromatic N) is 2. The maximum Gasteiger partial charge on any atom is 0.256 e. The van der Waals surface area contributed by atoms with E-state index in [1.165, 1.54) is 10.9 Å². The number of amides is 1. The summed E-state index contributed by atoms with van der Waals surface area (Å²) in [6.07, 6.45) is 4.24. The van der Waals surface area contributed by atoms with E-state index in [-0.39, 0.29) is 29.6 Å². The molecule has 1 heterocycles. The summed E-state index contributed by atoms with van der Waals surface area (Å²) in [6, 6.07) is 10.7. The van der Waals surface area contributed by atoms with Gasteiger partial charge in [0.1, 0.15) is 11.4 Å². The normalized spacial score (nSPS) is 13.3. The molecule has 0 aliphatic heterocycles. The molecule has 2 aromatic carbocycles. The molecule has 1 aliphatic rings. The van der Waals surface area contributed by atoms with Crippen LogP contribution in [0.3, 0.4) is 0 Å². The first kappa shape index (κ1) is 21.4. The summed E-state index contributed by atoms with van der Waals surface area (Å²) in [7, 11) is 0. The van der Waals surface area contributed by atoms with Gasteiger partial charge in [-0.2, -0.15) is 5.10 Å². The van der Waals surface area contributed by atoms with Crippen molar-refractivity contribution in [2.45, 2.75) is 32.7 Å². The maximum absolute atomic E-state index is 12.7. The zero-order valence-corrected chi connectivity index (χ0v) is 18.5. The second-order valence-corrected chi connectivity index (χ2v) is 8.67. The van der Waals surface area contributed by atoms with E-state index in [0.717, 1.165) is 24.0 Å². The maximum atomic E-state index is 12.7. The Morgan fingerprint density at radius 2 is 1.94 bits per heavy atom. The summed E-state index contributed by atoms with van der Waals surface area (Å²) in [5, 5.41) is 7.99. The average Bonchev–Trinajstić information content (AvgIpc) is 3.48. The number of carbonyl (C=O) groups excluding carboxylic acids is 2. The predicted molar refractivity (Wildman–Crippen MR) is 122 cm³/mol. The molecule has 0 radical (unpaired) electrons. The molecule has 31 heavy (non-hydrogen) atoms. The van der Waals surface area contributed by atoms with Gasteiger partial charge in [-0.05, 0) is 55.0 Å². The molecule has 3 N–H and O–H groups in total. The summed E-state index contributed by atoms with van der Waals surface area (Å²) >= 11 is 11.9. The van der Waals surface area contributed by atoms with Gasteiger partial charge in [0.15, 0.2) is 5.78 Å². The molecule has 1 fully saturated rings. The van der Waals surface area contributed by atoms with E-state index >= 15 is 0 Å². The molecule has 1 amide bonds. The molecule has 1 aliphatic carbocycles. The van der Waals surface area contributed by atoms with E-state index in [1.54, 1.807) is 24.3 Å². The lowest BCUT2D eigenvalue weighted by Crippen LogP contribution is -2.23. The number of aryl methyl sites for hydroxylation is 1. The van der Waals surface area contributed by atoms with E-state index in [9.17, 15) is 9.59 Å². The van der Waals surface area contributed by atoms with Crippen LogP contribution >= 0.6 is 23.2 Å². The lowest BCUT2D eigenvalue weighted by Gasteiger charge is -2.11. The van der Waals surface area contributed by atoms with Crippen LogP contribution in [0.1, 0.15) is 51.1 Å².